The van der Waals surface area contributed by atoms with Gasteiger partial charge in [0.05, 0.1) is 5.54 Å². The largest absolute Gasteiger partial charge is 0.350 e. The monoisotopic (exact) mass is 252 g/mol. The summed E-state index contributed by atoms with van der Waals surface area (Å²) in [6, 6.07) is 4.19. The summed E-state index contributed by atoms with van der Waals surface area (Å²) >= 11 is 1.77. The van der Waals surface area contributed by atoms with Crippen LogP contribution in [-0.2, 0) is 11.2 Å². The maximum atomic E-state index is 11.8. The second-order valence-electron chi connectivity index (χ2n) is 4.97. The van der Waals surface area contributed by atoms with Gasteiger partial charge in [-0.3, -0.25) is 4.79 Å². The van der Waals surface area contributed by atoms with Crippen molar-refractivity contribution in [1.82, 2.24) is 10.6 Å². The van der Waals surface area contributed by atoms with Crippen LogP contribution in [0, 0.1) is 0 Å². The van der Waals surface area contributed by atoms with E-state index < -0.39 is 0 Å². The average Bonchev–Trinajstić information content (AvgIpc) is 2.90. The summed E-state index contributed by atoms with van der Waals surface area (Å²) in [5, 5.41) is 8.50. The van der Waals surface area contributed by atoms with Crippen molar-refractivity contribution in [3.8, 4) is 0 Å². The van der Waals surface area contributed by atoms with Crippen molar-refractivity contribution in [2.75, 3.05) is 13.1 Å². The van der Waals surface area contributed by atoms with Gasteiger partial charge in [0.1, 0.15) is 0 Å². The van der Waals surface area contributed by atoms with Gasteiger partial charge in [-0.15, -0.1) is 11.3 Å². The smallest absolute Gasteiger partial charge is 0.220 e. The third kappa shape index (κ3) is 3.82. The minimum atomic E-state index is -0.0278. The Morgan fingerprint density at radius 2 is 2.53 bits per heavy atom. The second-order valence-corrected chi connectivity index (χ2v) is 6.00. The molecule has 2 N–H and O–H groups in total. The number of amides is 1. The van der Waals surface area contributed by atoms with E-state index in [4.69, 9.17) is 0 Å². The molecule has 1 fully saturated rings. The zero-order valence-corrected chi connectivity index (χ0v) is 11.1. The van der Waals surface area contributed by atoms with E-state index in [-0.39, 0.29) is 11.4 Å². The average molecular weight is 252 g/mol. The standard InChI is InChI=1S/C13H20N2OS/c1-13(7-8-14-10-13)15-12(16)6-2-4-11-5-3-9-17-11/h3,5,9,14H,2,4,6-8,10H2,1H3,(H,15,16). The Bertz CT molecular complexity index is 356. The number of carbonyl (C=O) groups is 1. The number of nitrogens with one attached hydrogen (secondary N) is 2. The topological polar surface area (TPSA) is 41.1 Å². The first-order valence-electron chi connectivity index (χ1n) is 6.22. The van der Waals surface area contributed by atoms with E-state index in [0.717, 1.165) is 32.4 Å². The summed E-state index contributed by atoms with van der Waals surface area (Å²) in [4.78, 5) is 13.2. The van der Waals surface area contributed by atoms with Gasteiger partial charge in [0, 0.05) is 17.8 Å². The first-order valence-corrected chi connectivity index (χ1v) is 7.10. The molecule has 94 valence electrons. The molecule has 3 nitrogen and oxygen atoms in total. The molecule has 1 atom stereocenters. The highest BCUT2D eigenvalue weighted by atomic mass is 32.1. The lowest BCUT2D eigenvalue weighted by molar-refractivity contribution is -0.122. The Labute approximate surface area is 107 Å². The SMILES string of the molecule is CC1(NC(=O)CCCc2cccs2)CCNC1. The van der Waals surface area contributed by atoms with Crippen molar-refractivity contribution in [1.29, 1.82) is 0 Å². The fraction of sp³-hybridized carbons (Fsp3) is 0.615. The summed E-state index contributed by atoms with van der Waals surface area (Å²) in [5.74, 6) is 0.188. The molecule has 0 saturated carbocycles. The van der Waals surface area contributed by atoms with Crippen molar-refractivity contribution in [2.45, 2.75) is 38.1 Å². The lowest BCUT2D eigenvalue weighted by Crippen LogP contribution is -2.47. The van der Waals surface area contributed by atoms with Crippen LogP contribution in [0.15, 0.2) is 17.5 Å². The van der Waals surface area contributed by atoms with E-state index in [1.807, 2.05) is 0 Å². The zero-order chi connectivity index (χ0) is 12.1. The zero-order valence-electron chi connectivity index (χ0n) is 10.3. The van der Waals surface area contributed by atoms with E-state index in [9.17, 15) is 4.79 Å². The third-order valence-corrected chi connectivity index (χ3v) is 4.15. The molecule has 0 radical (unpaired) electrons. The van der Waals surface area contributed by atoms with Crippen LogP contribution >= 0.6 is 11.3 Å². The predicted octanol–water partition coefficient (Wildman–Crippen LogP) is 1.94. The fourth-order valence-electron chi connectivity index (χ4n) is 2.20. The molecule has 1 saturated heterocycles. The molecule has 4 heteroatoms. The molecule has 1 amide bonds. The molecule has 1 aromatic heterocycles. The van der Waals surface area contributed by atoms with E-state index in [1.54, 1.807) is 11.3 Å². The van der Waals surface area contributed by atoms with Crippen LogP contribution in [-0.4, -0.2) is 24.5 Å². The van der Waals surface area contributed by atoms with Crippen molar-refractivity contribution in [2.24, 2.45) is 0 Å². The Morgan fingerprint density at radius 1 is 1.65 bits per heavy atom. The molecular formula is C13H20N2OS. The third-order valence-electron chi connectivity index (χ3n) is 3.22. The van der Waals surface area contributed by atoms with E-state index in [2.05, 4.69) is 35.1 Å². The van der Waals surface area contributed by atoms with Crippen LogP contribution in [0.4, 0.5) is 0 Å². The Hall–Kier alpha value is -0.870. The number of aryl methyl sites for hydroxylation is 1. The van der Waals surface area contributed by atoms with Crippen molar-refractivity contribution in [3.05, 3.63) is 22.4 Å². The molecule has 1 unspecified atom stereocenters. The molecule has 0 bridgehead atoms. The Morgan fingerprint density at radius 3 is 3.18 bits per heavy atom. The summed E-state index contributed by atoms with van der Waals surface area (Å²) in [6.07, 6.45) is 3.62. The first kappa shape index (κ1) is 12.6. The molecule has 2 heterocycles. The molecular weight excluding hydrogens is 232 g/mol. The van der Waals surface area contributed by atoms with Crippen LogP contribution in [0.25, 0.3) is 0 Å². The maximum Gasteiger partial charge on any atom is 0.220 e. The van der Waals surface area contributed by atoms with Crippen LogP contribution in [0.3, 0.4) is 0 Å². The maximum absolute atomic E-state index is 11.8. The molecule has 1 aliphatic rings. The van der Waals surface area contributed by atoms with Gasteiger partial charge in [0.2, 0.25) is 5.91 Å². The second kappa shape index (κ2) is 5.65. The predicted molar refractivity (Wildman–Crippen MR) is 71.3 cm³/mol. The molecule has 0 aliphatic carbocycles. The van der Waals surface area contributed by atoms with Gasteiger partial charge < -0.3 is 10.6 Å². The number of hydrogen-bond acceptors (Lipinski definition) is 3. The Balaban J connectivity index is 1.67. The molecule has 1 aliphatic heterocycles. The lowest BCUT2D eigenvalue weighted by atomic mass is 10.0. The number of rotatable bonds is 5. The van der Waals surface area contributed by atoms with E-state index in [1.165, 1.54) is 4.88 Å². The summed E-state index contributed by atoms with van der Waals surface area (Å²) < 4.78 is 0. The van der Waals surface area contributed by atoms with Gasteiger partial charge in [-0.05, 0) is 44.2 Å². The number of thiophene rings is 1. The minimum Gasteiger partial charge on any atom is -0.350 e. The van der Waals surface area contributed by atoms with Crippen molar-refractivity contribution < 1.29 is 4.79 Å². The molecule has 1 aromatic rings. The molecule has 17 heavy (non-hydrogen) atoms. The van der Waals surface area contributed by atoms with E-state index >= 15 is 0 Å². The molecule has 0 aromatic carbocycles. The lowest BCUT2D eigenvalue weighted by Gasteiger charge is -2.24. The molecule has 0 spiro atoms. The summed E-state index contributed by atoms with van der Waals surface area (Å²) in [5.41, 5.74) is -0.0278. The fourth-order valence-corrected chi connectivity index (χ4v) is 2.95. The quantitative estimate of drug-likeness (QED) is 0.841. The number of carbonyl (C=O) groups excluding carboxylic acids is 1. The normalized spacial score (nSPS) is 23.8. The van der Waals surface area contributed by atoms with Crippen LogP contribution in [0.2, 0.25) is 0 Å². The summed E-state index contributed by atoms with van der Waals surface area (Å²) in [6.45, 7) is 4.01. The van der Waals surface area contributed by atoms with Gasteiger partial charge >= 0.3 is 0 Å². The van der Waals surface area contributed by atoms with Crippen LogP contribution < -0.4 is 10.6 Å². The van der Waals surface area contributed by atoms with Gasteiger partial charge in [-0.25, -0.2) is 0 Å². The van der Waals surface area contributed by atoms with E-state index in [0.29, 0.717) is 6.42 Å². The highest BCUT2D eigenvalue weighted by Gasteiger charge is 2.29. The van der Waals surface area contributed by atoms with Gasteiger partial charge in [0.15, 0.2) is 0 Å². The number of hydrogen-bond donors (Lipinski definition) is 2. The molecule has 2 rings (SSSR count). The van der Waals surface area contributed by atoms with Gasteiger partial charge in [-0.1, -0.05) is 6.07 Å². The summed E-state index contributed by atoms with van der Waals surface area (Å²) in [7, 11) is 0. The van der Waals surface area contributed by atoms with Crippen LogP contribution in [0.1, 0.15) is 31.1 Å². The first-order chi connectivity index (χ1) is 8.18. The van der Waals surface area contributed by atoms with Crippen molar-refractivity contribution in [3.63, 3.8) is 0 Å². The minimum absolute atomic E-state index is 0.0278. The highest BCUT2D eigenvalue weighted by Crippen LogP contribution is 2.15. The van der Waals surface area contributed by atoms with Crippen molar-refractivity contribution >= 4 is 17.2 Å². The van der Waals surface area contributed by atoms with Gasteiger partial charge in [-0.2, -0.15) is 0 Å². The van der Waals surface area contributed by atoms with Crippen LogP contribution in [0.5, 0.6) is 0 Å². The highest BCUT2D eigenvalue weighted by molar-refractivity contribution is 7.09. The Kier molecular flexibility index (Phi) is 4.18. The van der Waals surface area contributed by atoms with Gasteiger partial charge in [0.25, 0.3) is 0 Å².